The van der Waals surface area contributed by atoms with Crippen molar-refractivity contribution in [1.82, 2.24) is 0 Å². The monoisotopic (exact) mass is 509 g/mol. The standard InChI is InChI=1S/C28H32BrNO3/c1-5-18-13-14-30(28(33)19-9-7-6-8-10-19)25-22(18)26(31)23(27(32)24(25)29)21-15-17(4)11-12-20(21)16(2)3/h6-10,15,18,20-21,31-32H,2,5,11-14H2,1,3-4H3/t18-,20+,21-/m1/s1. The van der Waals surface area contributed by atoms with Gasteiger partial charge in [-0.25, -0.2) is 0 Å². The molecule has 1 heterocycles. The Morgan fingerprint density at radius 3 is 2.48 bits per heavy atom. The molecule has 0 aromatic heterocycles. The van der Waals surface area contributed by atoms with Gasteiger partial charge in [-0.2, -0.15) is 0 Å². The lowest BCUT2D eigenvalue weighted by Gasteiger charge is -2.38. The molecule has 0 unspecified atom stereocenters. The minimum atomic E-state index is -0.157. The number of nitrogens with zero attached hydrogens (tertiary/aromatic N) is 1. The van der Waals surface area contributed by atoms with E-state index >= 15 is 0 Å². The Morgan fingerprint density at radius 2 is 1.85 bits per heavy atom. The summed E-state index contributed by atoms with van der Waals surface area (Å²) in [6.45, 7) is 10.9. The highest BCUT2D eigenvalue weighted by molar-refractivity contribution is 9.10. The lowest BCUT2D eigenvalue weighted by atomic mass is 9.72. The van der Waals surface area contributed by atoms with Gasteiger partial charge in [0.15, 0.2) is 0 Å². The molecular weight excluding hydrogens is 478 g/mol. The third kappa shape index (κ3) is 4.12. The molecule has 1 aliphatic carbocycles. The van der Waals surface area contributed by atoms with E-state index in [1.54, 1.807) is 17.0 Å². The molecule has 174 valence electrons. The molecular formula is C28H32BrNO3. The van der Waals surface area contributed by atoms with E-state index in [4.69, 9.17) is 0 Å². The number of anilines is 1. The number of aromatic hydroxyl groups is 2. The van der Waals surface area contributed by atoms with Crippen LogP contribution in [0.5, 0.6) is 11.5 Å². The summed E-state index contributed by atoms with van der Waals surface area (Å²) < 4.78 is 0.477. The zero-order valence-corrected chi connectivity index (χ0v) is 21.2. The highest BCUT2D eigenvalue weighted by Crippen LogP contribution is 2.56. The Labute approximate surface area is 204 Å². The second-order valence-electron chi connectivity index (χ2n) is 9.43. The number of halogens is 1. The maximum Gasteiger partial charge on any atom is 0.258 e. The molecule has 0 spiro atoms. The van der Waals surface area contributed by atoms with Crippen molar-refractivity contribution < 1.29 is 15.0 Å². The Hall–Kier alpha value is -2.53. The second kappa shape index (κ2) is 9.38. The number of hydrogen-bond donors (Lipinski definition) is 2. The van der Waals surface area contributed by atoms with Gasteiger partial charge in [-0.05, 0) is 79.4 Å². The summed E-state index contributed by atoms with van der Waals surface area (Å²) in [4.78, 5) is 15.1. The van der Waals surface area contributed by atoms with Crippen LogP contribution in [-0.4, -0.2) is 22.7 Å². The zero-order valence-electron chi connectivity index (χ0n) is 19.6. The minimum Gasteiger partial charge on any atom is -0.507 e. The molecule has 1 aliphatic heterocycles. The molecule has 2 N–H and O–H groups in total. The fourth-order valence-electron chi connectivity index (χ4n) is 5.48. The summed E-state index contributed by atoms with van der Waals surface area (Å²) in [7, 11) is 0. The molecule has 0 saturated heterocycles. The number of fused-ring (bicyclic) bond motifs is 1. The van der Waals surface area contributed by atoms with E-state index in [2.05, 4.69) is 42.4 Å². The molecule has 33 heavy (non-hydrogen) atoms. The third-order valence-corrected chi connectivity index (χ3v) is 8.04. The van der Waals surface area contributed by atoms with Crippen molar-refractivity contribution in [3.63, 3.8) is 0 Å². The summed E-state index contributed by atoms with van der Waals surface area (Å²) in [6, 6.07) is 9.16. The van der Waals surface area contributed by atoms with Gasteiger partial charge in [0.25, 0.3) is 5.91 Å². The predicted molar refractivity (Wildman–Crippen MR) is 137 cm³/mol. The van der Waals surface area contributed by atoms with E-state index in [1.807, 2.05) is 25.1 Å². The lowest BCUT2D eigenvalue weighted by Crippen LogP contribution is -2.37. The molecule has 3 atom stereocenters. The van der Waals surface area contributed by atoms with Crippen LogP contribution in [0.25, 0.3) is 0 Å². The Bertz CT molecular complexity index is 1120. The smallest absolute Gasteiger partial charge is 0.258 e. The minimum absolute atomic E-state index is 0.0102. The maximum atomic E-state index is 13.4. The van der Waals surface area contributed by atoms with Crippen LogP contribution < -0.4 is 4.90 Å². The van der Waals surface area contributed by atoms with Gasteiger partial charge in [0.05, 0.1) is 10.2 Å². The van der Waals surface area contributed by atoms with Crippen molar-refractivity contribution >= 4 is 27.5 Å². The third-order valence-electron chi connectivity index (χ3n) is 7.29. The first-order chi connectivity index (χ1) is 15.8. The number of benzene rings is 2. The van der Waals surface area contributed by atoms with Gasteiger partial charge in [-0.3, -0.25) is 4.79 Å². The number of amides is 1. The van der Waals surface area contributed by atoms with E-state index in [0.29, 0.717) is 27.8 Å². The van der Waals surface area contributed by atoms with Crippen LogP contribution >= 0.6 is 15.9 Å². The Kier molecular flexibility index (Phi) is 6.71. The maximum absolute atomic E-state index is 13.4. The van der Waals surface area contributed by atoms with Gasteiger partial charge < -0.3 is 15.1 Å². The van der Waals surface area contributed by atoms with Gasteiger partial charge in [0.1, 0.15) is 11.5 Å². The molecule has 0 radical (unpaired) electrons. The van der Waals surface area contributed by atoms with Crippen molar-refractivity contribution in [1.29, 1.82) is 0 Å². The summed E-state index contributed by atoms with van der Waals surface area (Å²) in [6.07, 6.45) is 5.68. The largest absolute Gasteiger partial charge is 0.507 e. The fraction of sp³-hybridized carbons (Fsp3) is 0.393. The van der Waals surface area contributed by atoms with E-state index in [0.717, 1.165) is 36.8 Å². The van der Waals surface area contributed by atoms with Gasteiger partial charge in [0.2, 0.25) is 0 Å². The highest BCUT2D eigenvalue weighted by atomic mass is 79.9. The Morgan fingerprint density at radius 1 is 1.15 bits per heavy atom. The van der Waals surface area contributed by atoms with Crippen molar-refractivity contribution in [2.45, 2.75) is 58.3 Å². The van der Waals surface area contributed by atoms with E-state index in [1.165, 1.54) is 5.57 Å². The number of hydrogen-bond acceptors (Lipinski definition) is 3. The van der Waals surface area contributed by atoms with Crippen LogP contribution in [0.3, 0.4) is 0 Å². The fourth-order valence-corrected chi connectivity index (χ4v) is 6.12. The van der Waals surface area contributed by atoms with Crippen LogP contribution in [0.1, 0.15) is 79.8 Å². The zero-order chi connectivity index (χ0) is 23.9. The average Bonchev–Trinajstić information content (AvgIpc) is 2.81. The number of carbonyl (C=O) groups excluding carboxylic acids is 1. The second-order valence-corrected chi connectivity index (χ2v) is 10.2. The van der Waals surface area contributed by atoms with Crippen molar-refractivity contribution in [3.8, 4) is 11.5 Å². The van der Waals surface area contributed by atoms with E-state index in [-0.39, 0.29) is 35.2 Å². The summed E-state index contributed by atoms with van der Waals surface area (Å²) in [5.74, 6) is 0.0809. The van der Waals surface area contributed by atoms with Crippen LogP contribution in [0, 0.1) is 5.92 Å². The number of carbonyl (C=O) groups is 1. The molecule has 5 heteroatoms. The van der Waals surface area contributed by atoms with Gasteiger partial charge in [-0.1, -0.05) is 48.9 Å². The first-order valence-electron chi connectivity index (χ1n) is 11.7. The molecule has 0 saturated carbocycles. The lowest BCUT2D eigenvalue weighted by molar-refractivity contribution is 0.0983. The molecule has 2 aromatic rings. The SMILES string of the molecule is C=C(C)[C@@H]1CCC(C)=C[C@H]1c1c(O)c(Br)c2c(c1O)[C@H](CC)CCN2C(=O)c1ccccc1. The van der Waals surface area contributed by atoms with Gasteiger partial charge in [0, 0.05) is 29.2 Å². The molecule has 1 amide bonds. The topological polar surface area (TPSA) is 60.8 Å². The number of allylic oxidation sites excluding steroid dienone is 3. The first-order valence-corrected chi connectivity index (χ1v) is 12.5. The summed E-state index contributed by atoms with van der Waals surface area (Å²) in [5, 5.41) is 23.1. The van der Waals surface area contributed by atoms with Crippen LogP contribution in [0.4, 0.5) is 5.69 Å². The number of phenols is 2. The molecule has 0 fully saturated rings. The van der Waals surface area contributed by atoms with Crippen molar-refractivity contribution in [2.75, 3.05) is 11.4 Å². The molecule has 2 aliphatic rings. The number of rotatable bonds is 4. The van der Waals surface area contributed by atoms with E-state index < -0.39 is 0 Å². The highest BCUT2D eigenvalue weighted by Gasteiger charge is 2.39. The summed E-state index contributed by atoms with van der Waals surface area (Å²) >= 11 is 3.63. The van der Waals surface area contributed by atoms with E-state index in [9.17, 15) is 15.0 Å². The molecule has 2 aromatic carbocycles. The van der Waals surface area contributed by atoms with Crippen LogP contribution in [0.2, 0.25) is 0 Å². The van der Waals surface area contributed by atoms with Crippen LogP contribution in [0.15, 0.2) is 58.6 Å². The molecule has 4 nitrogen and oxygen atoms in total. The van der Waals surface area contributed by atoms with Crippen molar-refractivity contribution in [3.05, 3.63) is 75.3 Å². The normalized spacial score (nSPS) is 22.5. The Balaban J connectivity index is 1.93. The number of phenolic OH excluding ortho intramolecular Hbond substituents is 2. The van der Waals surface area contributed by atoms with Gasteiger partial charge in [-0.15, -0.1) is 0 Å². The quantitative estimate of drug-likeness (QED) is 0.421. The molecule has 0 bridgehead atoms. The first kappa shape index (κ1) is 23.6. The molecule has 4 rings (SSSR count). The predicted octanol–water partition coefficient (Wildman–Crippen LogP) is 7.42. The van der Waals surface area contributed by atoms with Crippen LogP contribution in [-0.2, 0) is 0 Å². The summed E-state index contributed by atoms with van der Waals surface area (Å²) in [5.41, 5.74) is 4.76. The van der Waals surface area contributed by atoms with Crippen molar-refractivity contribution in [2.24, 2.45) is 5.92 Å². The average molecular weight is 510 g/mol. The van der Waals surface area contributed by atoms with Gasteiger partial charge >= 0.3 is 0 Å².